The van der Waals surface area contributed by atoms with Crippen LogP contribution in [0.2, 0.25) is 0 Å². The number of anilines is 1. The van der Waals surface area contributed by atoms with Gasteiger partial charge >= 0.3 is 0 Å². The number of hydrogen-bond donors (Lipinski definition) is 2. The molecule has 2 heterocycles. The van der Waals surface area contributed by atoms with Gasteiger partial charge < -0.3 is 11.1 Å². The van der Waals surface area contributed by atoms with Crippen molar-refractivity contribution in [1.29, 1.82) is 0 Å². The van der Waals surface area contributed by atoms with Crippen molar-refractivity contribution in [3.63, 3.8) is 0 Å². The Morgan fingerprint density at radius 2 is 2.20 bits per heavy atom. The molecule has 0 aliphatic carbocycles. The summed E-state index contributed by atoms with van der Waals surface area (Å²) in [6, 6.07) is 0. The lowest BCUT2D eigenvalue weighted by atomic mass is 10.3. The number of nitrogens with zero attached hydrogens (tertiary/aromatic N) is 4. The van der Waals surface area contributed by atoms with Crippen LogP contribution in [0.4, 0.5) is 5.69 Å². The molecule has 20 heavy (non-hydrogen) atoms. The molecule has 0 unspecified atom stereocenters. The van der Waals surface area contributed by atoms with Crippen LogP contribution in [0.1, 0.15) is 27.9 Å². The van der Waals surface area contributed by atoms with Crippen LogP contribution >= 0.6 is 15.9 Å². The Bertz CT molecular complexity index is 675. The molecule has 2 aromatic rings. The van der Waals surface area contributed by atoms with Crippen molar-refractivity contribution in [2.45, 2.75) is 13.5 Å². The molecule has 0 atom stereocenters. The van der Waals surface area contributed by atoms with Crippen molar-refractivity contribution in [3.8, 4) is 0 Å². The number of aryl methyl sites for hydroxylation is 2. The molecule has 0 spiro atoms. The van der Waals surface area contributed by atoms with Crippen molar-refractivity contribution >= 4 is 33.4 Å². The van der Waals surface area contributed by atoms with Crippen LogP contribution in [0.25, 0.3) is 0 Å². The molecule has 2 aromatic heterocycles. The summed E-state index contributed by atoms with van der Waals surface area (Å²) in [7, 11) is 1.70. The van der Waals surface area contributed by atoms with Crippen LogP contribution in [0.5, 0.6) is 0 Å². The van der Waals surface area contributed by atoms with E-state index in [4.69, 9.17) is 5.73 Å². The zero-order chi connectivity index (χ0) is 14.9. The molecule has 0 aromatic carbocycles. The number of aromatic nitrogens is 4. The van der Waals surface area contributed by atoms with Gasteiger partial charge in [0.2, 0.25) is 0 Å². The third kappa shape index (κ3) is 2.57. The van der Waals surface area contributed by atoms with Crippen LogP contribution in [0, 0.1) is 0 Å². The van der Waals surface area contributed by atoms with Gasteiger partial charge in [0.05, 0.1) is 16.4 Å². The Kier molecular flexibility index (Phi) is 3.89. The molecule has 9 heteroatoms. The molecule has 0 saturated carbocycles. The third-order valence-electron chi connectivity index (χ3n) is 2.62. The van der Waals surface area contributed by atoms with E-state index in [0.29, 0.717) is 11.0 Å². The number of carbonyl (C=O) groups excluding carboxylic acids is 2. The number of halogens is 1. The lowest BCUT2D eigenvalue weighted by Crippen LogP contribution is -2.21. The molecule has 2 rings (SSSR count). The maximum atomic E-state index is 12.1. The zero-order valence-electron chi connectivity index (χ0n) is 10.9. The number of rotatable bonds is 4. The Hall–Kier alpha value is -2.16. The predicted molar refractivity (Wildman–Crippen MR) is 75.3 cm³/mol. The number of nitrogens with one attached hydrogen (secondary N) is 1. The maximum absolute atomic E-state index is 12.1. The predicted octanol–water partition coefficient (Wildman–Crippen LogP) is 0.750. The van der Waals surface area contributed by atoms with Gasteiger partial charge in [-0.25, -0.2) is 0 Å². The minimum absolute atomic E-state index is 0.160. The Morgan fingerprint density at radius 1 is 1.50 bits per heavy atom. The number of hydrogen-bond acceptors (Lipinski definition) is 4. The van der Waals surface area contributed by atoms with Crippen LogP contribution < -0.4 is 11.1 Å². The molecule has 0 bridgehead atoms. The molecule has 106 valence electrons. The van der Waals surface area contributed by atoms with Crippen LogP contribution in [-0.4, -0.2) is 31.4 Å². The maximum Gasteiger partial charge on any atom is 0.277 e. The van der Waals surface area contributed by atoms with Gasteiger partial charge in [-0.15, -0.1) is 0 Å². The molecular formula is C11H13BrN6O2. The van der Waals surface area contributed by atoms with Gasteiger partial charge in [-0.05, 0) is 22.9 Å². The largest absolute Gasteiger partial charge is 0.364 e. The summed E-state index contributed by atoms with van der Waals surface area (Å²) in [5.41, 5.74) is 5.94. The highest BCUT2D eigenvalue weighted by molar-refractivity contribution is 9.10. The average Bonchev–Trinajstić information content (AvgIpc) is 2.92. The van der Waals surface area contributed by atoms with Crippen LogP contribution in [0.15, 0.2) is 16.9 Å². The fourth-order valence-corrected chi connectivity index (χ4v) is 2.33. The van der Waals surface area contributed by atoms with Crippen molar-refractivity contribution in [3.05, 3.63) is 28.3 Å². The first-order valence-corrected chi connectivity index (χ1v) is 6.59. The molecule has 3 N–H and O–H groups in total. The van der Waals surface area contributed by atoms with E-state index in [9.17, 15) is 9.59 Å². The Labute approximate surface area is 123 Å². The highest BCUT2D eigenvalue weighted by Gasteiger charge is 2.20. The van der Waals surface area contributed by atoms with Gasteiger partial charge in [-0.2, -0.15) is 10.2 Å². The topological polar surface area (TPSA) is 108 Å². The molecule has 0 saturated heterocycles. The summed E-state index contributed by atoms with van der Waals surface area (Å²) in [5.74, 6) is -1.10. The second kappa shape index (κ2) is 5.45. The Balaban J connectivity index is 2.31. The summed E-state index contributed by atoms with van der Waals surface area (Å²) in [5, 5.41) is 10.6. The first-order chi connectivity index (χ1) is 9.43. The average molecular weight is 341 g/mol. The molecule has 0 aliphatic rings. The molecule has 0 fully saturated rings. The fourth-order valence-electron chi connectivity index (χ4n) is 1.77. The molecule has 2 amide bonds. The number of carbonyl (C=O) groups is 2. The fraction of sp³-hybridized carbons (Fsp3) is 0.273. The van der Waals surface area contributed by atoms with Crippen molar-refractivity contribution in [2.24, 2.45) is 12.8 Å². The lowest BCUT2D eigenvalue weighted by Gasteiger charge is -2.05. The summed E-state index contributed by atoms with van der Waals surface area (Å²) < 4.78 is 3.48. The molecule has 0 radical (unpaired) electrons. The van der Waals surface area contributed by atoms with Crippen molar-refractivity contribution < 1.29 is 9.59 Å². The minimum atomic E-state index is -0.653. The van der Waals surface area contributed by atoms with Gasteiger partial charge in [0.15, 0.2) is 5.69 Å². The lowest BCUT2D eigenvalue weighted by molar-refractivity contribution is 0.0991. The summed E-state index contributed by atoms with van der Waals surface area (Å²) in [6.07, 6.45) is 3.04. The second-order valence-corrected chi connectivity index (χ2v) is 4.89. The van der Waals surface area contributed by atoms with Gasteiger partial charge in [-0.3, -0.25) is 19.0 Å². The normalized spacial score (nSPS) is 10.6. The van der Waals surface area contributed by atoms with Gasteiger partial charge in [0.25, 0.3) is 11.8 Å². The molecule has 8 nitrogen and oxygen atoms in total. The first-order valence-electron chi connectivity index (χ1n) is 5.80. The van der Waals surface area contributed by atoms with E-state index in [2.05, 4.69) is 31.4 Å². The highest BCUT2D eigenvalue weighted by atomic mass is 79.9. The van der Waals surface area contributed by atoms with Crippen LogP contribution in [0.3, 0.4) is 0 Å². The third-order valence-corrected chi connectivity index (χ3v) is 3.20. The van der Waals surface area contributed by atoms with Gasteiger partial charge in [0, 0.05) is 19.8 Å². The van der Waals surface area contributed by atoms with E-state index in [-0.39, 0.29) is 17.1 Å². The molecular weight excluding hydrogens is 328 g/mol. The van der Waals surface area contributed by atoms with E-state index >= 15 is 0 Å². The standard InChI is InChI=1S/C11H13BrN6O2/c1-3-18-9(10(13)19)7(4-14-18)15-11(20)8-6(12)5-17(2)16-8/h4-5H,3H2,1-2H3,(H2,13,19)(H,15,20). The van der Waals surface area contributed by atoms with E-state index < -0.39 is 11.8 Å². The number of primary amides is 1. The monoisotopic (exact) mass is 340 g/mol. The first kappa shape index (κ1) is 14.3. The summed E-state index contributed by atoms with van der Waals surface area (Å²) in [6.45, 7) is 2.29. The summed E-state index contributed by atoms with van der Waals surface area (Å²) in [4.78, 5) is 23.5. The van der Waals surface area contributed by atoms with Gasteiger partial charge in [0.1, 0.15) is 5.69 Å². The van der Waals surface area contributed by atoms with Gasteiger partial charge in [-0.1, -0.05) is 0 Å². The summed E-state index contributed by atoms with van der Waals surface area (Å²) >= 11 is 3.24. The highest BCUT2D eigenvalue weighted by Crippen LogP contribution is 2.19. The van der Waals surface area contributed by atoms with E-state index in [1.54, 1.807) is 13.2 Å². The molecule has 0 aliphatic heterocycles. The van der Waals surface area contributed by atoms with Crippen LogP contribution in [-0.2, 0) is 13.6 Å². The minimum Gasteiger partial charge on any atom is -0.364 e. The zero-order valence-corrected chi connectivity index (χ0v) is 12.5. The van der Waals surface area contributed by atoms with Crippen molar-refractivity contribution in [1.82, 2.24) is 19.6 Å². The van der Waals surface area contributed by atoms with Crippen molar-refractivity contribution in [2.75, 3.05) is 5.32 Å². The number of amides is 2. The van der Waals surface area contributed by atoms with E-state index in [1.165, 1.54) is 15.6 Å². The Morgan fingerprint density at radius 3 is 2.70 bits per heavy atom. The van der Waals surface area contributed by atoms with E-state index in [1.807, 2.05) is 6.92 Å². The quantitative estimate of drug-likeness (QED) is 0.855. The SMILES string of the molecule is CCn1ncc(NC(=O)c2nn(C)cc2Br)c1C(N)=O. The number of nitrogens with two attached hydrogens (primary N) is 1. The van der Waals surface area contributed by atoms with E-state index in [0.717, 1.165) is 0 Å². The second-order valence-electron chi connectivity index (χ2n) is 4.04. The smallest absolute Gasteiger partial charge is 0.277 e.